The van der Waals surface area contributed by atoms with Gasteiger partial charge in [0.25, 0.3) is 0 Å². The summed E-state index contributed by atoms with van der Waals surface area (Å²) in [5, 5.41) is 9.65. The molecule has 0 unspecified atom stereocenters. The molecule has 6 nitrogen and oxygen atoms in total. The van der Waals surface area contributed by atoms with E-state index in [1.807, 2.05) is 24.1 Å². The second-order valence-electron chi connectivity index (χ2n) is 7.85. The number of nitrogens with zero attached hydrogens (tertiary/aromatic N) is 5. The van der Waals surface area contributed by atoms with Crippen molar-refractivity contribution in [1.82, 2.24) is 24.6 Å². The quantitative estimate of drug-likeness (QED) is 0.708. The maximum atomic E-state index is 12.7. The van der Waals surface area contributed by atoms with E-state index in [2.05, 4.69) is 26.7 Å². The molecular formula is C20H27N5OS. The number of hydrogen-bond acceptors (Lipinski definition) is 5. The zero-order valence-electron chi connectivity index (χ0n) is 16.0. The molecule has 2 saturated carbocycles. The molecule has 0 N–H and O–H groups in total. The van der Waals surface area contributed by atoms with E-state index < -0.39 is 0 Å². The van der Waals surface area contributed by atoms with E-state index in [4.69, 9.17) is 0 Å². The van der Waals surface area contributed by atoms with E-state index in [-0.39, 0.29) is 5.91 Å². The molecular weight excluding hydrogens is 358 g/mol. The third-order valence-corrected chi connectivity index (χ3v) is 6.69. The number of carbonyl (C=O) groups excluding carboxylic acids is 1. The highest BCUT2D eigenvalue weighted by Gasteiger charge is 2.31. The van der Waals surface area contributed by atoms with Gasteiger partial charge in [-0.15, -0.1) is 10.2 Å². The summed E-state index contributed by atoms with van der Waals surface area (Å²) < 4.78 is 2.20. The van der Waals surface area contributed by atoms with Crippen LogP contribution < -0.4 is 0 Å². The summed E-state index contributed by atoms with van der Waals surface area (Å²) in [5.74, 6) is 2.28. The van der Waals surface area contributed by atoms with Gasteiger partial charge in [-0.1, -0.05) is 18.7 Å². The van der Waals surface area contributed by atoms with Crippen LogP contribution in [0.25, 0.3) is 11.4 Å². The molecule has 27 heavy (non-hydrogen) atoms. The number of thioether (sulfide) groups is 1. The molecule has 2 fully saturated rings. The van der Waals surface area contributed by atoms with Crippen molar-refractivity contribution in [2.75, 3.05) is 12.8 Å². The average Bonchev–Trinajstić information content (AvgIpc) is 3.45. The Kier molecular flexibility index (Phi) is 5.48. The lowest BCUT2D eigenvalue weighted by Crippen LogP contribution is -2.40. The molecule has 0 atom stereocenters. The minimum absolute atomic E-state index is 0.190. The van der Waals surface area contributed by atoms with Gasteiger partial charge in [0.15, 0.2) is 11.0 Å². The normalized spacial score (nSPS) is 22.6. The second kappa shape index (κ2) is 8.00. The van der Waals surface area contributed by atoms with Crippen molar-refractivity contribution in [2.45, 2.75) is 62.7 Å². The lowest BCUT2D eigenvalue weighted by molar-refractivity contribution is -0.129. The third kappa shape index (κ3) is 4.18. The van der Waals surface area contributed by atoms with Crippen molar-refractivity contribution in [3.8, 4) is 11.4 Å². The lowest BCUT2D eigenvalue weighted by atomic mass is 9.87. The first-order valence-electron chi connectivity index (χ1n) is 9.87. The maximum Gasteiger partial charge on any atom is 0.233 e. The van der Waals surface area contributed by atoms with Crippen molar-refractivity contribution in [3.05, 3.63) is 24.5 Å². The lowest BCUT2D eigenvalue weighted by Gasteiger charge is -2.33. The monoisotopic (exact) mass is 385 g/mol. The number of pyridine rings is 1. The summed E-state index contributed by atoms with van der Waals surface area (Å²) in [6, 6.07) is 4.77. The van der Waals surface area contributed by atoms with Crippen molar-refractivity contribution >= 4 is 17.7 Å². The number of aromatic nitrogens is 4. The molecule has 7 heteroatoms. The van der Waals surface area contributed by atoms with Crippen LogP contribution in [-0.2, 0) is 4.79 Å². The molecule has 1 amide bonds. The number of hydrogen-bond donors (Lipinski definition) is 0. The Hall–Kier alpha value is -1.89. The van der Waals surface area contributed by atoms with E-state index >= 15 is 0 Å². The van der Waals surface area contributed by atoms with E-state index in [1.54, 1.807) is 12.4 Å². The van der Waals surface area contributed by atoms with Crippen LogP contribution in [0, 0.1) is 5.92 Å². The summed E-state index contributed by atoms with van der Waals surface area (Å²) in [7, 11) is 1.96. The van der Waals surface area contributed by atoms with Gasteiger partial charge in [0.1, 0.15) is 0 Å². The van der Waals surface area contributed by atoms with Gasteiger partial charge < -0.3 is 4.90 Å². The van der Waals surface area contributed by atoms with E-state index in [1.165, 1.54) is 24.6 Å². The Morgan fingerprint density at radius 1 is 1.15 bits per heavy atom. The molecule has 0 spiro atoms. The zero-order valence-corrected chi connectivity index (χ0v) is 16.9. The zero-order chi connectivity index (χ0) is 18.8. The fraction of sp³-hybridized carbons (Fsp3) is 0.600. The first-order chi connectivity index (χ1) is 13.1. The van der Waals surface area contributed by atoms with Crippen LogP contribution in [0.15, 0.2) is 29.7 Å². The van der Waals surface area contributed by atoms with Gasteiger partial charge in [0, 0.05) is 37.1 Å². The third-order valence-electron chi connectivity index (χ3n) is 5.77. The summed E-state index contributed by atoms with van der Waals surface area (Å²) in [6.45, 7) is 2.30. The Bertz CT molecular complexity index is 781. The van der Waals surface area contributed by atoms with Crippen LogP contribution in [0.4, 0.5) is 0 Å². The van der Waals surface area contributed by atoms with Crippen LogP contribution in [-0.4, -0.2) is 49.4 Å². The van der Waals surface area contributed by atoms with Crippen LogP contribution in [0.1, 0.15) is 51.5 Å². The standard InChI is InChI=1S/C20H27N5OS/c1-14-3-5-16(6-4-14)24(2)18(26)13-27-20-23-22-19(25(20)17-7-8-17)15-9-11-21-12-10-15/h9-12,14,16-17H,3-8,13H2,1-2H3. The second-order valence-corrected chi connectivity index (χ2v) is 8.79. The molecule has 2 aromatic heterocycles. The minimum atomic E-state index is 0.190. The molecule has 0 aromatic carbocycles. The highest BCUT2D eigenvalue weighted by Crippen LogP contribution is 2.41. The van der Waals surface area contributed by atoms with Crippen LogP contribution >= 0.6 is 11.8 Å². The summed E-state index contributed by atoms with van der Waals surface area (Å²) in [5.41, 5.74) is 1.02. The van der Waals surface area contributed by atoms with E-state index in [9.17, 15) is 4.79 Å². The van der Waals surface area contributed by atoms with Gasteiger partial charge in [0.2, 0.25) is 5.91 Å². The van der Waals surface area contributed by atoms with Crippen molar-refractivity contribution in [2.24, 2.45) is 5.92 Å². The Morgan fingerprint density at radius 3 is 2.52 bits per heavy atom. The highest BCUT2D eigenvalue weighted by molar-refractivity contribution is 7.99. The van der Waals surface area contributed by atoms with Gasteiger partial charge in [-0.2, -0.15) is 0 Å². The van der Waals surface area contributed by atoms with Gasteiger partial charge in [-0.3, -0.25) is 14.3 Å². The number of rotatable bonds is 6. The summed E-state index contributed by atoms with van der Waals surface area (Å²) in [4.78, 5) is 18.8. The van der Waals surface area contributed by atoms with Gasteiger partial charge in [-0.05, 0) is 56.6 Å². The predicted octanol–water partition coefficient (Wildman–Crippen LogP) is 3.80. The minimum Gasteiger partial charge on any atom is -0.342 e. The van der Waals surface area contributed by atoms with Crippen LogP contribution in [0.2, 0.25) is 0 Å². The highest BCUT2D eigenvalue weighted by atomic mass is 32.2. The molecule has 0 aliphatic heterocycles. The number of carbonyl (C=O) groups is 1. The molecule has 2 aromatic rings. The average molecular weight is 386 g/mol. The molecule has 0 bridgehead atoms. The first-order valence-corrected chi connectivity index (χ1v) is 10.9. The molecule has 144 valence electrons. The molecule has 4 rings (SSSR count). The van der Waals surface area contributed by atoms with Gasteiger partial charge >= 0.3 is 0 Å². The molecule has 2 heterocycles. The first kappa shape index (κ1) is 18.5. The predicted molar refractivity (Wildman–Crippen MR) is 106 cm³/mol. The van der Waals surface area contributed by atoms with Crippen LogP contribution in [0.3, 0.4) is 0 Å². The Balaban J connectivity index is 1.42. The molecule has 0 saturated heterocycles. The summed E-state index contributed by atoms with van der Waals surface area (Å²) >= 11 is 1.51. The number of amides is 1. The Morgan fingerprint density at radius 2 is 1.85 bits per heavy atom. The summed E-state index contributed by atoms with van der Waals surface area (Å²) in [6.07, 6.45) is 10.5. The van der Waals surface area contributed by atoms with Crippen molar-refractivity contribution < 1.29 is 4.79 Å². The van der Waals surface area contributed by atoms with E-state index in [0.29, 0.717) is 17.8 Å². The fourth-order valence-electron chi connectivity index (χ4n) is 3.80. The topological polar surface area (TPSA) is 63.9 Å². The van der Waals surface area contributed by atoms with Gasteiger partial charge in [0.05, 0.1) is 5.75 Å². The molecule has 0 radical (unpaired) electrons. The molecule has 2 aliphatic carbocycles. The maximum absolute atomic E-state index is 12.7. The van der Waals surface area contributed by atoms with E-state index in [0.717, 1.165) is 48.1 Å². The smallest absolute Gasteiger partial charge is 0.233 e. The largest absolute Gasteiger partial charge is 0.342 e. The van der Waals surface area contributed by atoms with Crippen molar-refractivity contribution in [3.63, 3.8) is 0 Å². The van der Waals surface area contributed by atoms with Crippen molar-refractivity contribution in [1.29, 1.82) is 0 Å². The fourth-order valence-corrected chi connectivity index (χ4v) is 4.73. The molecule has 2 aliphatic rings. The van der Waals surface area contributed by atoms with Crippen LogP contribution in [0.5, 0.6) is 0 Å². The SMILES string of the molecule is CC1CCC(N(C)C(=O)CSc2nnc(-c3ccncc3)n2C2CC2)CC1. The Labute approximate surface area is 164 Å². The van der Waals surface area contributed by atoms with Gasteiger partial charge in [-0.25, -0.2) is 0 Å².